The molecule has 1 N–H and O–H groups in total. The molecule has 0 fully saturated rings. The summed E-state index contributed by atoms with van der Waals surface area (Å²) in [6.45, 7) is 4.88. The SMILES string of the molecule is CC(C)CC(NC(=O)CCn1cncn1)c1ccccc1. The molecule has 0 saturated carbocycles. The van der Waals surface area contributed by atoms with Gasteiger partial charge in [-0.1, -0.05) is 44.2 Å². The van der Waals surface area contributed by atoms with Gasteiger partial charge in [0.05, 0.1) is 12.6 Å². The van der Waals surface area contributed by atoms with Crippen LogP contribution in [-0.4, -0.2) is 20.7 Å². The number of nitrogens with one attached hydrogen (secondary N) is 1. The Balaban J connectivity index is 1.93. The van der Waals surface area contributed by atoms with Crippen LogP contribution in [0.1, 0.15) is 38.3 Å². The van der Waals surface area contributed by atoms with E-state index >= 15 is 0 Å². The summed E-state index contributed by atoms with van der Waals surface area (Å²) in [5.41, 5.74) is 1.15. The third kappa shape index (κ3) is 5.02. The van der Waals surface area contributed by atoms with Crippen LogP contribution in [0, 0.1) is 5.92 Å². The highest BCUT2D eigenvalue weighted by molar-refractivity contribution is 5.76. The largest absolute Gasteiger partial charge is 0.349 e. The van der Waals surface area contributed by atoms with Crippen LogP contribution in [0.2, 0.25) is 0 Å². The second kappa shape index (κ2) is 7.57. The third-order valence-corrected chi connectivity index (χ3v) is 3.28. The van der Waals surface area contributed by atoms with Crippen molar-refractivity contribution >= 4 is 5.91 Å². The van der Waals surface area contributed by atoms with E-state index in [2.05, 4.69) is 41.4 Å². The van der Waals surface area contributed by atoms with Crippen molar-refractivity contribution < 1.29 is 4.79 Å². The number of rotatable bonds is 7. The fourth-order valence-corrected chi connectivity index (χ4v) is 2.27. The molecular formula is C16H22N4O. The molecule has 1 aromatic carbocycles. The Morgan fingerprint density at radius 3 is 2.67 bits per heavy atom. The lowest BCUT2D eigenvalue weighted by molar-refractivity contribution is -0.122. The maximum absolute atomic E-state index is 12.1. The molecule has 1 amide bonds. The van der Waals surface area contributed by atoms with E-state index < -0.39 is 0 Å². The monoisotopic (exact) mass is 286 g/mol. The molecule has 0 aliphatic rings. The summed E-state index contributed by atoms with van der Waals surface area (Å²) < 4.78 is 1.67. The molecule has 112 valence electrons. The summed E-state index contributed by atoms with van der Waals surface area (Å²) in [7, 11) is 0. The average Bonchev–Trinajstić information content (AvgIpc) is 2.98. The zero-order valence-electron chi connectivity index (χ0n) is 12.6. The first-order valence-electron chi connectivity index (χ1n) is 7.32. The molecule has 21 heavy (non-hydrogen) atoms. The summed E-state index contributed by atoms with van der Waals surface area (Å²) >= 11 is 0. The van der Waals surface area contributed by atoms with Gasteiger partial charge in [0.1, 0.15) is 12.7 Å². The highest BCUT2D eigenvalue weighted by Crippen LogP contribution is 2.21. The molecule has 2 aromatic rings. The summed E-state index contributed by atoms with van der Waals surface area (Å²) in [5.74, 6) is 0.561. The lowest BCUT2D eigenvalue weighted by Crippen LogP contribution is -2.30. The molecule has 0 aliphatic heterocycles. The Morgan fingerprint density at radius 2 is 2.05 bits per heavy atom. The molecule has 0 bridgehead atoms. The predicted octanol–water partition coefficient (Wildman–Crippen LogP) is 2.57. The number of aromatic nitrogens is 3. The minimum absolute atomic E-state index is 0.0417. The predicted molar refractivity (Wildman–Crippen MR) is 81.4 cm³/mol. The van der Waals surface area contributed by atoms with Crippen molar-refractivity contribution in [1.29, 1.82) is 0 Å². The van der Waals surface area contributed by atoms with Crippen LogP contribution in [-0.2, 0) is 11.3 Å². The lowest BCUT2D eigenvalue weighted by atomic mass is 9.97. The van der Waals surface area contributed by atoms with Gasteiger partial charge in [-0.05, 0) is 17.9 Å². The molecule has 0 radical (unpaired) electrons. The van der Waals surface area contributed by atoms with Crippen molar-refractivity contribution in [3.63, 3.8) is 0 Å². The van der Waals surface area contributed by atoms with Gasteiger partial charge in [0, 0.05) is 6.42 Å². The van der Waals surface area contributed by atoms with E-state index in [0.29, 0.717) is 18.9 Å². The molecule has 1 unspecified atom stereocenters. The van der Waals surface area contributed by atoms with E-state index in [9.17, 15) is 4.79 Å². The summed E-state index contributed by atoms with van der Waals surface area (Å²) in [4.78, 5) is 16.0. The summed E-state index contributed by atoms with van der Waals surface area (Å²) in [5, 5.41) is 7.13. The fraction of sp³-hybridized carbons (Fsp3) is 0.438. The number of benzene rings is 1. The van der Waals surface area contributed by atoms with Crippen LogP contribution in [0.4, 0.5) is 0 Å². The van der Waals surface area contributed by atoms with Crippen molar-refractivity contribution in [3.8, 4) is 0 Å². The molecule has 5 nitrogen and oxygen atoms in total. The molecule has 1 heterocycles. The van der Waals surface area contributed by atoms with Gasteiger partial charge in [0.15, 0.2) is 0 Å². The van der Waals surface area contributed by atoms with E-state index in [1.807, 2.05) is 18.2 Å². The highest BCUT2D eigenvalue weighted by Gasteiger charge is 2.15. The maximum Gasteiger partial charge on any atom is 0.222 e. The number of aryl methyl sites for hydroxylation is 1. The van der Waals surface area contributed by atoms with Gasteiger partial charge in [0.2, 0.25) is 5.91 Å². The van der Waals surface area contributed by atoms with Gasteiger partial charge in [-0.3, -0.25) is 9.48 Å². The van der Waals surface area contributed by atoms with Crippen LogP contribution >= 0.6 is 0 Å². The number of carbonyl (C=O) groups is 1. The van der Waals surface area contributed by atoms with Crippen molar-refractivity contribution in [2.75, 3.05) is 0 Å². The number of carbonyl (C=O) groups excluding carboxylic acids is 1. The minimum Gasteiger partial charge on any atom is -0.349 e. The number of nitrogens with zero attached hydrogens (tertiary/aromatic N) is 3. The molecule has 0 aliphatic carbocycles. The number of hydrogen-bond acceptors (Lipinski definition) is 3. The van der Waals surface area contributed by atoms with E-state index in [1.54, 1.807) is 11.0 Å². The molecule has 1 aromatic heterocycles. The smallest absolute Gasteiger partial charge is 0.222 e. The third-order valence-electron chi connectivity index (χ3n) is 3.28. The second-order valence-corrected chi connectivity index (χ2v) is 5.57. The van der Waals surface area contributed by atoms with E-state index in [1.165, 1.54) is 6.33 Å². The fourth-order valence-electron chi connectivity index (χ4n) is 2.27. The average molecular weight is 286 g/mol. The van der Waals surface area contributed by atoms with Crippen LogP contribution in [0.3, 0.4) is 0 Å². The molecule has 1 atom stereocenters. The van der Waals surface area contributed by atoms with Crippen LogP contribution in [0.15, 0.2) is 43.0 Å². The minimum atomic E-state index is 0.0417. The molecule has 0 saturated heterocycles. The molecule has 0 spiro atoms. The van der Waals surface area contributed by atoms with E-state index in [4.69, 9.17) is 0 Å². The number of amides is 1. The van der Waals surface area contributed by atoms with E-state index in [-0.39, 0.29) is 11.9 Å². The Kier molecular flexibility index (Phi) is 5.49. The normalized spacial score (nSPS) is 12.3. The molecule has 2 rings (SSSR count). The van der Waals surface area contributed by atoms with Crippen LogP contribution in [0.5, 0.6) is 0 Å². The van der Waals surface area contributed by atoms with Gasteiger partial charge >= 0.3 is 0 Å². The summed E-state index contributed by atoms with van der Waals surface area (Å²) in [6.07, 6.45) is 4.43. The van der Waals surface area contributed by atoms with Crippen molar-refractivity contribution in [2.45, 2.75) is 39.3 Å². The summed E-state index contributed by atoms with van der Waals surface area (Å²) in [6, 6.07) is 10.2. The zero-order chi connectivity index (χ0) is 15.1. The van der Waals surface area contributed by atoms with Crippen molar-refractivity contribution in [1.82, 2.24) is 20.1 Å². The number of hydrogen-bond donors (Lipinski definition) is 1. The standard InChI is InChI=1S/C16H22N4O/c1-13(2)10-15(14-6-4-3-5-7-14)19-16(21)8-9-20-12-17-11-18-20/h3-7,11-13,15H,8-10H2,1-2H3,(H,19,21). The van der Waals surface area contributed by atoms with Crippen LogP contribution in [0.25, 0.3) is 0 Å². The Bertz CT molecular complexity index is 537. The quantitative estimate of drug-likeness (QED) is 0.851. The van der Waals surface area contributed by atoms with Crippen molar-refractivity contribution in [3.05, 3.63) is 48.5 Å². The topological polar surface area (TPSA) is 59.8 Å². The zero-order valence-corrected chi connectivity index (χ0v) is 12.6. The highest BCUT2D eigenvalue weighted by atomic mass is 16.1. The van der Waals surface area contributed by atoms with Crippen molar-refractivity contribution in [2.24, 2.45) is 5.92 Å². The molecule has 5 heteroatoms. The van der Waals surface area contributed by atoms with Crippen LogP contribution < -0.4 is 5.32 Å². The van der Waals surface area contributed by atoms with Gasteiger partial charge in [-0.2, -0.15) is 5.10 Å². The first-order chi connectivity index (χ1) is 10.1. The Morgan fingerprint density at radius 1 is 1.29 bits per heavy atom. The van der Waals surface area contributed by atoms with Gasteiger partial charge in [-0.25, -0.2) is 4.98 Å². The second-order valence-electron chi connectivity index (χ2n) is 5.57. The Hall–Kier alpha value is -2.17. The maximum atomic E-state index is 12.1. The molecular weight excluding hydrogens is 264 g/mol. The lowest BCUT2D eigenvalue weighted by Gasteiger charge is -2.21. The van der Waals surface area contributed by atoms with Gasteiger partial charge in [0.25, 0.3) is 0 Å². The Labute approximate surface area is 125 Å². The first-order valence-corrected chi connectivity index (χ1v) is 7.32. The van der Waals surface area contributed by atoms with Gasteiger partial charge < -0.3 is 5.32 Å². The van der Waals surface area contributed by atoms with E-state index in [0.717, 1.165) is 12.0 Å². The van der Waals surface area contributed by atoms with Gasteiger partial charge in [-0.15, -0.1) is 0 Å². The first kappa shape index (κ1) is 15.2.